The van der Waals surface area contributed by atoms with Gasteiger partial charge in [-0.1, -0.05) is 0 Å². The van der Waals surface area contributed by atoms with Gasteiger partial charge in [-0.25, -0.2) is 8.42 Å². The summed E-state index contributed by atoms with van der Waals surface area (Å²) >= 11 is 0. The molecule has 6 nitrogen and oxygen atoms in total. The first-order valence-electron chi connectivity index (χ1n) is 5.76. The molecular formula is C10H18N4O2S. The van der Waals surface area contributed by atoms with Crippen LogP contribution in [-0.2, 0) is 10.0 Å². The van der Waals surface area contributed by atoms with Crippen molar-refractivity contribution in [2.24, 2.45) is 0 Å². The van der Waals surface area contributed by atoms with Gasteiger partial charge in [0.25, 0.3) is 0 Å². The number of aromatic amines is 1. The summed E-state index contributed by atoms with van der Waals surface area (Å²) in [5.74, 6) is 0. The van der Waals surface area contributed by atoms with Crippen LogP contribution in [0, 0.1) is 13.8 Å². The normalized spacial score (nSPS) is 19.2. The lowest BCUT2D eigenvalue weighted by Crippen LogP contribution is -2.34. The number of hydrogen-bond donors (Lipinski definition) is 2. The Bertz CT molecular complexity index is 467. The maximum atomic E-state index is 12.5. The molecule has 0 spiro atoms. The quantitative estimate of drug-likeness (QED) is 0.783. The number of H-pyrrole nitrogens is 1. The molecule has 0 aromatic carbocycles. The summed E-state index contributed by atoms with van der Waals surface area (Å²) < 4.78 is 26.5. The van der Waals surface area contributed by atoms with Gasteiger partial charge in [-0.05, 0) is 26.8 Å². The van der Waals surface area contributed by atoms with Crippen LogP contribution in [-0.4, -0.2) is 49.1 Å². The van der Waals surface area contributed by atoms with Crippen LogP contribution in [0.4, 0.5) is 0 Å². The van der Waals surface area contributed by atoms with Gasteiger partial charge >= 0.3 is 0 Å². The molecule has 2 N–H and O–H groups in total. The highest BCUT2D eigenvalue weighted by atomic mass is 32.2. The molecule has 0 aliphatic carbocycles. The van der Waals surface area contributed by atoms with Gasteiger partial charge in [-0.3, -0.25) is 5.10 Å². The fourth-order valence-electron chi connectivity index (χ4n) is 2.11. The Balaban J connectivity index is 2.35. The number of rotatable bonds is 2. The molecule has 1 aliphatic heterocycles. The maximum absolute atomic E-state index is 12.5. The van der Waals surface area contributed by atoms with Gasteiger partial charge in [0.05, 0.1) is 11.4 Å². The van der Waals surface area contributed by atoms with Crippen LogP contribution in [0.5, 0.6) is 0 Å². The molecule has 96 valence electrons. The zero-order chi connectivity index (χ0) is 12.5. The highest BCUT2D eigenvalue weighted by Gasteiger charge is 2.29. The first-order chi connectivity index (χ1) is 8.03. The van der Waals surface area contributed by atoms with Crippen molar-refractivity contribution in [3.05, 3.63) is 11.4 Å². The fourth-order valence-corrected chi connectivity index (χ4v) is 3.92. The molecule has 1 aliphatic rings. The van der Waals surface area contributed by atoms with Crippen molar-refractivity contribution < 1.29 is 8.42 Å². The topological polar surface area (TPSA) is 78.1 Å². The third-order valence-electron chi connectivity index (χ3n) is 2.96. The van der Waals surface area contributed by atoms with E-state index in [1.807, 2.05) is 0 Å². The van der Waals surface area contributed by atoms with Gasteiger partial charge in [0, 0.05) is 19.6 Å². The van der Waals surface area contributed by atoms with Gasteiger partial charge in [0.2, 0.25) is 10.0 Å². The van der Waals surface area contributed by atoms with E-state index in [1.165, 1.54) is 4.31 Å². The number of aromatic nitrogens is 2. The predicted molar refractivity (Wildman–Crippen MR) is 64.3 cm³/mol. The third kappa shape index (κ3) is 2.36. The lowest BCUT2D eigenvalue weighted by molar-refractivity contribution is 0.431. The average Bonchev–Trinajstić information content (AvgIpc) is 2.53. The van der Waals surface area contributed by atoms with Crippen LogP contribution in [0.3, 0.4) is 0 Å². The van der Waals surface area contributed by atoms with Crippen molar-refractivity contribution >= 4 is 10.0 Å². The summed E-state index contributed by atoms with van der Waals surface area (Å²) in [6, 6.07) is 0. The Morgan fingerprint density at radius 1 is 1.24 bits per heavy atom. The minimum atomic E-state index is -3.40. The van der Waals surface area contributed by atoms with E-state index in [0.29, 0.717) is 35.9 Å². The summed E-state index contributed by atoms with van der Waals surface area (Å²) in [5, 5.41) is 9.87. The van der Waals surface area contributed by atoms with Crippen LogP contribution < -0.4 is 5.32 Å². The van der Waals surface area contributed by atoms with Gasteiger partial charge in [0.1, 0.15) is 4.90 Å². The van der Waals surface area contributed by atoms with Crippen LogP contribution in [0.15, 0.2) is 4.90 Å². The van der Waals surface area contributed by atoms with Gasteiger partial charge < -0.3 is 5.32 Å². The number of nitrogens with one attached hydrogen (secondary N) is 2. The molecule has 0 bridgehead atoms. The lowest BCUT2D eigenvalue weighted by atomic mass is 10.4. The zero-order valence-electron chi connectivity index (χ0n) is 10.2. The molecule has 2 heterocycles. The molecule has 0 unspecified atom stereocenters. The summed E-state index contributed by atoms with van der Waals surface area (Å²) in [6.07, 6.45) is 0.842. The molecule has 0 amide bonds. The van der Waals surface area contributed by atoms with Crippen LogP contribution in [0.1, 0.15) is 17.8 Å². The van der Waals surface area contributed by atoms with Crippen molar-refractivity contribution in [3.8, 4) is 0 Å². The Labute approximate surface area is 101 Å². The first kappa shape index (κ1) is 12.5. The zero-order valence-corrected chi connectivity index (χ0v) is 11.0. The molecule has 1 saturated heterocycles. The second kappa shape index (κ2) is 4.75. The van der Waals surface area contributed by atoms with Crippen LogP contribution in [0.25, 0.3) is 0 Å². The summed E-state index contributed by atoms with van der Waals surface area (Å²) in [4.78, 5) is 0.333. The van der Waals surface area contributed by atoms with E-state index in [4.69, 9.17) is 0 Å². The Kier molecular flexibility index (Phi) is 3.50. The molecule has 0 radical (unpaired) electrons. The van der Waals surface area contributed by atoms with Crippen molar-refractivity contribution in [1.82, 2.24) is 19.8 Å². The molecule has 1 aromatic rings. The van der Waals surface area contributed by atoms with E-state index in [-0.39, 0.29) is 0 Å². The standard InChI is InChI=1S/C10H18N4O2S/c1-8-10(9(2)13-12-8)17(15,16)14-6-3-4-11-5-7-14/h11H,3-7H2,1-2H3,(H,12,13). The van der Waals surface area contributed by atoms with E-state index in [1.54, 1.807) is 13.8 Å². The van der Waals surface area contributed by atoms with E-state index < -0.39 is 10.0 Å². The van der Waals surface area contributed by atoms with Crippen LogP contribution in [0.2, 0.25) is 0 Å². The summed E-state index contributed by atoms with van der Waals surface area (Å²) in [7, 11) is -3.40. The van der Waals surface area contributed by atoms with Gasteiger partial charge in [-0.2, -0.15) is 9.40 Å². The third-order valence-corrected chi connectivity index (χ3v) is 5.12. The van der Waals surface area contributed by atoms with Crippen molar-refractivity contribution in [2.75, 3.05) is 26.2 Å². The highest BCUT2D eigenvalue weighted by Crippen LogP contribution is 2.21. The molecule has 7 heteroatoms. The number of aryl methyl sites for hydroxylation is 2. The minimum absolute atomic E-state index is 0.333. The molecule has 1 fully saturated rings. The number of hydrogen-bond acceptors (Lipinski definition) is 4. The van der Waals surface area contributed by atoms with Gasteiger partial charge in [0.15, 0.2) is 0 Å². The Morgan fingerprint density at radius 2 is 2.00 bits per heavy atom. The van der Waals surface area contributed by atoms with Gasteiger partial charge in [-0.15, -0.1) is 0 Å². The molecule has 17 heavy (non-hydrogen) atoms. The SMILES string of the molecule is Cc1n[nH]c(C)c1S(=O)(=O)N1CCCNCC1. The average molecular weight is 258 g/mol. The molecular weight excluding hydrogens is 240 g/mol. The summed E-state index contributed by atoms with van der Waals surface area (Å²) in [5.41, 5.74) is 1.15. The molecule has 2 rings (SSSR count). The monoisotopic (exact) mass is 258 g/mol. The molecule has 1 aromatic heterocycles. The smallest absolute Gasteiger partial charge is 0.246 e. The van der Waals surface area contributed by atoms with Crippen molar-refractivity contribution in [2.45, 2.75) is 25.2 Å². The maximum Gasteiger partial charge on any atom is 0.246 e. The minimum Gasteiger partial charge on any atom is -0.315 e. The lowest BCUT2D eigenvalue weighted by Gasteiger charge is -2.19. The predicted octanol–water partition coefficient (Wildman–Crippen LogP) is 0.0105. The van der Waals surface area contributed by atoms with E-state index in [9.17, 15) is 8.42 Å². The second-order valence-electron chi connectivity index (χ2n) is 4.27. The largest absolute Gasteiger partial charge is 0.315 e. The van der Waals surface area contributed by atoms with E-state index in [2.05, 4.69) is 15.5 Å². The van der Waals surface area contributed by atoms with E-state index in [0.717, 1.165) is 13.0 Å². The van der Waals surface area contributed by atoms with Crippen molar-refractivity contribution in [3.63, 3.8) is 0 Å². The first-order valence-corrected chi connectivity index (χ1v) is 7.20. The molecule has 0 atom stereocenters. The fraction of sp³-hybridized carbons (Fsp3) is 0.700. The highest BCUT2D eigenvalue weighted by molar-refractivity contribution is 7.89. The Hall–Kier alpha value is -0.920. The summed E-state index contributed by atoms with van der Waals surface area (Å²) in [6.45, 7) is 6.12. The Morgan fingerprint density at radius 3 is 2.65 bits per heavy atom. The number of nitrogens with zero attached hydrogens (tertiary/aromatic N) is 2. The van der Waals surface area contributed by atoms with E-state index >= 15 is 0 Å². The van der Waals surface area contributed by atoms with Crippen LogP contribution >= 0.6 is 0 Å². The molecule has 0 saturated carbocycles. The van der Waals surface area contributed by atoms with Crippen molar-refractivity contribution in [1.29, 1.82) is 0 Å². The number of sulfonamides is 1. The second-order valence-corrected chi connectivity index (χ2v) is 6.15.